The molecule has 0 atom stereocenters. The van der Waals surface area contributed by atoms with E-state index in [0.717, 1.165) is 9.75 Å². The summed E-state index contributed by atoms with van der Waals surface area (Å²) in [6, 6.07) is 3.81. The molecular formula is C13H8OS. The van der Waals surface area contributed by atoms with Crippen LogP contribution in [0.15, 0.2) is 36.9 Å². The van der Waals surface area contributed by atoms with E-state index in [1.54, 1.807) is 6.08 Å². The molecule has 72 valence electrons. The van der Waals surface area contributed by atoms with Gasteiger partial charge in [-0.15, -0.1) is 11.3 Å². The highest BCUT2D eigenvalue weighted by Gasteiger charge is 1.92. The minimum Gasteiger partial charge on any atom is -0.299 e. The summed E-state index contributed by atoms with van der Waals surface area (Å²) in [4.78, 5) is 11.8. The van der Waals surface area contributed by atoms with E-state index in [2.05, 4.69) is 30.3 Å². The number of allylic oxidation sites excluding steroid dienone is 3. The van der Waals surface area contributed by atoms with E-state index < -0.39 is 0 Å². The molecule has 15 heavy (non-hydrogen) atoms. The minimum atomic E-state index is 0.699. The maximum absolute atomic E-state index is 9.96. The minimum absolute atomic E-state index is 0.699. The van der Waals surface area contributed by atoms with Gasteiger partial charge in [0.25, 0.3) is 0 Å². The van der Waals surface area contributed by atoms with Crippen LogP contribution < -0.4 is 0 Å². The Morgan fingerprint density at radius 1 is 1.20 bits per heavy atom. The number of carbonyl (C=O) groups is 1. The van der Waals surface area contributed by atoms with Gasteiger partial charge in [-0.25, -0.2) is 0 Å². The maximum Gasteiger partial charge on any atom is 0.143 e. The molecule has 0 radical (unpaired) electrons. The normalized spacial score (nSPS) is 8.53. The Morgan fingerprint density at radius 3 is 2.47 bits per heavy atom. The molecule has 0 aliphatic rings. The second kappa shape index (κ2) is 6.43. The van der Waals surface area contributed by atoms with Crippen molar-refractivity contribution in [3.63, 3.8) is 0 Å². The fourth-order valence-corrected chi connectivity index (χ4v) is 1.52. The number of carbonyl (C=O) groups excluding carboxylic acids is 1. The van der Waals surface area contributed by atoms with Gasteiger partial charge in [0.1, 0.15) is 6.29 Å². The summed E-state index contributed by atoms with van der Waals surface area (Å²) in [6.07, 6.45) is 5.13. The first-order valence-corrected chi connectivity index (χ1v) is 5.02. The number of aldehydes is 1. The van der Waals surface area contributed by atoms with Crippen molar-refractivity contribution in [2.75, 3.05) is 0 Å². The lowest BCUT2D eigenvalue weighted by molar-refractivity contribution is -0.104. The monoisotopic (exact) mass is 212 g/mol. The van der Waals surface area contributed by atoms with Crippen molar-refractivity contribution in [2.24, 2.45) is 0 Å². The van der Waals surface area contributed by atoms with Crippen molar-refractivity contribution < 1.29 is 4.79 Å². The summed E-state index contributed by atoms with van der Waals surface area (Å²) in [5, 5.41) is 0. The fourth-order valence-electron chi connectivity index (χ4n) is 0.795. The lowest BCUT2D eigenvalue weighted by atomic mass is 10.4. The molecule has 0 unspecified atom stereocenters. The molecule has 0 bridgehead atoms. The van der Waals surface area contributed by atoms with Gasteiger partial charge >= 0.3 is 0 Å². The summed E-state index contributed by atoms with van der Waals surface area (Å²) >= 11 is 1.51. The van der Waals surface area contributed by atoms with E-state index in [4.69, 9.17) is 0 Å². The summed E-state index contributed by atoms with van der Waals surface area (Å²) < 4.78 is 0. The predicted molar refractivity (Wildman–Crippen MR) is 63.5 cm³/mol. The first kappa shape index (κ1) is 11.0. The SMILES string of the molecule is C=CC#Cc1ccc(C#C/C=C/C=O)s1. The smallest absolute Gasteiger partial charge is 0.143 e. The van der Waals surface area contributed by atoms with Gasteiger partial charge in [0.05, 0.1) is 9.75 Å². The van der Waals surface area contributed by atoms with Crippen molar-refractivity contribution in [2.45, 2.75) is 0 Å². The van der Waals surface area contributed by atoms with Crippen LogP contribution in [0.2, 0.25) is 0 Å². The summed E-state index contributed by atoms with van der Waals surface area (Å²) in [5.41, 5.74) is 0. The van der Waals surface area contributed by atoms with E-state index in [-0.39, 0.29) is 0 Å². The zero-order valence-corrected chi connectivity index (χ0v) is 8.80. The highest BCUT2D eigenvalue weighted by Crippen LogP contribution is 2.13. The van der Waals surface area contributed by atoms with E-state index in [1.807, 2.05) is 12.1 Å². The fraction of sp³-hybridized carbons (Fsp3) is 0. The predicted octanol–water partition coefficient (Wildman–Crippen LogP) is 2.39. The molecule has 0 aromatic carbocycles. The third-order valence-corrected chi connectivity index (χ3v) is 2.27. The van der Waals surface area contributed by atoms with Crippen molar-refractivity contribution in [3.05, 3.63) is 46.7 Å². The van der Waals surface area contributed by atoms with Crippen molar-refractivity contribution >= 4 is 17.6 Å². The van der Waals surface area contributed by atoms with E-state index in [0.29, 0.717) is 6.29 Å². The van der Waals surface area contributed by atoms with E-state index >= 15 is 0 Å². The molecule has 0 saturated carbocycles. The van der Waals surface area contributed by atoms with Gasteiger partial charge in [0, 0.05) is 0 Å². The van der Waals surface area contributed by atoms with Crippen molar-refractivity contribution in [1.82, 2.24) is 0 Å². The highest BCUT2D eigenvalue weighted by atomic mass is 32.1. The summed E-state index contributed by atoms with van der Waals surface area (Å²) in [7, 11) is 0. The molecule has 1 aromatic heterocycles. The molecule has 1 nitrogen and oxygen atoms in total. The van der Waals surface area contributed by atoms with Gasteiger partial charge in [0.15, 0.2) is 0 Å². The average Bonchev–Trinajstić information content (AvgIpc) is 2.69. The molecule has 0 fully saturated rings. The molecule has 0 saturated heterocycles. The van der Waals surface area contributed by atoms with Crippen LogP contribution in [0.3, 0.4) is 0 Å². The Morgan fingerprint density at radius 2 is 1.87 bits per heavy atom. The third kappa shape index (κ3) is 4.13. The first-order valence-electron chi connectivity index (χ1n) is 4.21. The molecule has 0 aliphatic heterocycles. The van der Waals surface area contributed by atoms with Gasteiger partial charge < -0.3 is 0 Å². The molecule has 2 heteroatoms. The number of thiophene rings is 1. The lowest BCUT2D eigenvalue weighted by Gasteiger charge is -1.75. The van der Waals surface area contributed by atoms with Gasteiger partial charge in [-0.05, 0) is 30.4 Å². The quantitative estimate of drug-likeness (QED) is 0.397. The van der Waals surface area contributed by atoms with Crippen LogP contribution in [0, 0.1) is 23.7 Å². The molecule has 0 N–H and O–H groups in total. The standard InChI is InChI=1S/C13H8OS/c1-2-3-7-12-9-10-13(15-12)8-5-4-6-11-14/h2,4,6,9-11H,1H2/b6-4+. The molecule has 0 aliphatic carbocycles. The van der Waals surface area contributed by atoms with Crippen LogP contribution in [-0.2, 0) is 4.79 Å². The lowest BCUT2D eigenvalue weighted by Crippen LogP contribution is -1.60. The van der Waals surface area contributed by atoms with Crippen LogP contribution in [0.25, 0.3) is 0 Å². The topological polar surface area (TPSA) is 17.1 Å². The zero-order chi connectivity index (χ0) is 10.9. The van der Waals surface area contributed by atoms with Gasteiger partial charge in [-0.2, -0.15) is 0 Å². The maximum atomic E-state index is 9.96. The highest BCUT2D eigenvalue weighted by molar-refractivity contribution is 7.13. The van der Waals surface area contributed by atoms with Gasteiger partial charge in [-0.3, -0.25) is 4.79 Å². The summed E-state index contributed by atoms with van der Waals surface area (Å²) in [5.74, 6) is 11.4. The van der Waals surface area contributed by atoms with Crippen LogP contribution >= 0.6 is 11.3 Å². The van der Waals surface area contributed by atoms with Crippen molar-refractivity contribution in [1.29, 1.82) is 0 Å². The zero-order valence-electron chi connectivity index (χ0n) is 7.99. The van der Waals surface area contributed by atoms with E-state index in [1.165, 1.54) is 23.5 Å². The first-order chi connectivity index (χ1) is 7.36. The number of rotatable bonds is 1. The van der Waals surface area contributed by atoms with Crippen molar-refractivity contribution in [3.8, 4) is 23.7 Å². The third-order valence-electron chi connectivity index (χ3n) is 1.36. The van der Waals surface area contributed by atoms with E-state index in [9.17, 15) is 4.79 Å². The Bertz CT molecular complexity index is 498. The molecule has 0 amide bonds. The molecule has 1 rings (SSSR count). The number of hydrogen-bond acceptors (Lipinski definition) is 2. The second-order valence-corrected chi connectivity index (χ2v) is 3.49. The second-order valence-electron chi connectivity index (χ2n) is 2.40. The molecule has 0 spiro atoms. The largest absolute Gasteiger partial charge is 0.299 e. The van der Waals surface area contributed by atoms with Gasteiger partial charge in [-0.1, -0.05) is 30.3 Å². The van der Waals surface area contributed by atoms with Crippen LogP contribution in [0.1, 0.15) is 9.75 Å². The summed E-state index contributed by atoms with van der Waals surface area (Å²) in [6.45, 7) is 3.51. The van der Waals surface area contributed by atoms with Crippen LogP contribution in [0.5, 0.6) is 0 Å². The molecule has 1 heterocycles. The van der Waals surface area contributed by atoms with Gasteiger partial charge in [0.2, 0.25) is 0 Å². The van der Waals surface area contributed by atoms with Crippen LogP contribution in [-0.4, -0.2) is 6.29 Å². The molecular weight excluding hydrogens is 204 g/mol. The Labute approximate surface area is 93.1 Å². The molecule has 1 aromatic rings. The Kier molecular flexibility index (Phi) is 4.73. The average molecular weight is 212 g/mol. The van der Waals surface area contributed by atoms with Crippen LogP contribution in [0.4, 0.5) is 0 Å². The Hall–Kier alpha value is -2.03. The number of hydrogen-bond donors (Lipinski definition) is 0. The Balaban J connectivity index is 2.74.